The predicted octanol–water partition coefficient (Wildman–Crippen LogP) is 1.17. The van der Waals surface area contributed by atoms with Crippen LogP contribution in [0.15, 0.2) is 6.07 Å². The number of aromatic nitrogens is 2. The quantitative estimate of drug-likeness (QED) is 0.795. The van der Waals surface area contributed by atoms with Gasteiger partial charge in [0.05, 0.1) is 6.61 Å². The molecular formula is C14H23ClN4O2. The van der Waals surface area contributed by atoms with E-state index >= 15 is 0 Å². The molecule has 1 fully saturated rings. The van der Waals surface area contributed by atoms with Crippen molar-refractivity contribution in [1.29, 1.82) is 0 Å². The number of hydrogen-bond acceptors (Lipinski definition) is 6. The van der Waals surface area contributed by atoms with Gasteiger partial charge in [-0.3, -0.25) is 4.90 Å². The minimum Gasteiger partial charge on any atom is -0.395 e. The molecule has 0 unspecified atom stereocenters. The van der Waals surface area contributed by atoms with E-state index in [0.29, 0.717) is 24.2 Å². The van der Waals surface area contributed by atoms with Gasteiger partial charge in [0, 0.05) is 38.9 Å². The minimum absolute atomic E-state index is 0.206. The zero-order chi connectivity index (χ0) is 15.1. The first-order valence-corrected chi connectivity index (χ1v) is 7.80. The van der Waals surface area contributed by atoms with E-state index in [1.165, 1.54) is 0 Å². The highest BCUT2D eigenvalue weighted by atomic mass is 35.5. The van der Waals surface area contributed by atoms with Crippen LogP contribution in [0.1, 0.15) is 19.2 Å². The maximum absolute atomic E-state index is 9.04. The van der Waals surface area contributed by atoms with E-state index in [9.17, 15) is 0 Å². The van der Waals surface area contributed by atoms with Gasteiger partial charge in [0.25, 0.3) is 0 Å². The first-order chi connectivity index (χ1) is 10.2. The minimum atomic E-state index is 0.206. The van der Waals surface area contributed by atoms with E-state index in [1.54, 1.807) is 6.07 Å². The summed E-state index contributed by atoms with van der Waals surface area (Å²) in [5, 5.41) is 9.49. The SMILES string of the molecule is CCOCc1nc(Cl)cc(N2CCCN(CCO)CC2)n1. The van der Waals surface area contributed by atoms with Crippen LogP contribution in [0.5, 0.6) is 0 Å². The Bertz CT molecular complexity index is 447. The Balaban J connectivity index is 2.04. The summed E-state index contributed by atoms with van der Waals surface area (Å²) in [4.78, 5) is 13.2. The molecule has 0 bridgehead atoms. The number of halogens is 1. The summed E-state index contributed by atoms with van der Waals surface area (Å²) < 4.78 is 5.35. The van der Waals surface area contributed by atoms with Crippen LogP contribution < -0.4 is 4.90 Å². The lowest BCUT2D eigenvalue weighted by Crippen LogP contribution is -2.32. The number of rotatable bonds is 6. The van der Waals surface area contributed by atoms with Gasteiger partial charge in [-0.15, -0.1) is 0 Å². The van der Waals surface area contributed by atoms with Crippen LogP contribution in [0.3, 0.4) is 0 Å². The fraction of sp³-hybridized carbons (Fsp3) is 0.714. The topological polar surface area (TPSA) is 61.7 Å². The maximum atomic E-state index is 9.04. The molecule has 21 heavy (non-hydrogen) atoms. The summed E-state index contributed by atoms with van der Waals surface area (Å²) >= 11 is 6.09. The molecule has 1 aliphatic rings. The summed E-state index contributed by atoms with van der Waals surface area (Å²) in [7, 11) is 0. The molecule has 1 N–H and O–H groups in total. The number of nitrogens with zero attached hydrogens (tertiary/aromatic N) is 4. The third kappa shape index (κ3) is 5.07. The molecule has 0 radical (unpaired) electrons. The van der Waals surface area contributed by atoms with Gasteiger partial charge in [-0.2, -0.15) is 0 Å². The summed E-state index contributed by atoms with van der Waals surface area (Å²) in [6, 6.07) is 1.80. The first-order valence-electron chi connectivity index (χ1n) is 7.42. The standard InChI is InChI=1S/C14H23ClN4O2/c1-2-21-11-13-16-12(15)10-14(17-13)19-5-3-4-18(6-7-19)8-9-20/h10,20H,2-9,11H2,1H3. The van der Waals surface area contributed by atoms with Crippen molar-refractivity contribution in [3.8, 4) is 0 Å². The smallest absolute Gasteiger partial charge is 0.158 e. The van der Waals surface area contributed by atoms with Gasteiger partial charge < -0.3 is 14.7 Å². The molecule has 118 valence electrons. The third-order valence-electron chi connectivity index (χ3n) is 3.49. The molecule has 6 nitrogen and oxygen atoms in total. The summed E-state index contributed by atoms with van der Waals surface area (Å²) in [5.74, 6) is 1.48. The molecule has 0 saturated carbocycles. The average molecular weight is 315 g/mol. The van der Waals surface area contributed by atoms with Crippen LogP contribution in [-0.2, 0) is 11.3 Å². The molecule has 1 aliphatic heterocycles. The lowest BCUT2D eigenvalue weighted by atomic mass is 10.3. The lowest BCUT2D eigenvalue weighted by Gasteiger charge is -2.22. The average Bonchev–Trinajstić information content (AvgIpc) is 2.71. The van der Waals surface area contributed by atoms with Crippen LogP contribution in [0, 0.1) is 0 Å². The fourth-order valence-corrected chi connectivity index (χ4v) is 2.63. The van der Waals surface area contributed by atoms with Crippen molar-refractivity contribution in [3.05, 3.63) is 17.0 Å². The molecule has 7 heteroatoms. The van der Waals surface area contributed by atoms with Crippen molar-refractivity contribution in [2.45, 2.75) is 20.0 Å². The Morgan fingerprint density at radius 2 is 2.14 bits per heavy atom. The molecular weight excluding hydrogens is 292 g/mol. The molecule has 0 aliphatic carbocycles. The molecule has 2 heterocycles. The highest BCUT2D eigenvalue weighted by Crippen LogP contribution is 2.18. The van der Waals surface area contributed by atoms with Gasteiger partial charge >= 0.3 is 0 Å². The second-order valence-corrected chi connectivity index (χ2v) is 5.40. The van der Waals surface area contributed by atoms with Gasteiger partial charge in [-0.1, -0.05) is 11.6 Å². The molecule has 0 amide bonds. The predicted molar refractivity (Wildman–Crippen MR) is 82.7 cm³/mol. The van der Waals surface area contributed by atoms with Crippen molar-refractivity contribution in [3.63, 3.8) is 0 Å². The Labute approximate surface area is 130 Å². The van der Waals surface area contributed by atoms with Crippen LogP contribution in [0.4, 0.5) is 5.82 Å². The van der Waals surface area contributed by atoms with E-state index in [1.807, 2.05) is 6.92 Å². The highest BCUT2D eigenvalue weighted by molar-refractivity contribution is 6.29. The van der Waals surface area contributed by atoms with Crippen molar-refractivity contribution in [2.24, 2.45) is 0 Å². The van der Waals surface area contributed by atoms with Crippen LogP contribution >= 0.6 is 11.6 Å². The number of hydrogen-bond donors (Lipinski definition) is 1. The normalized spacial score (nSPS) is 17.0. The molecule has 1 saturated heterocycles. The number of anilines is 1. The summed E-state index contributed by atoms with van der Waals surface area (Å²) in [6.45, 7) is 7.62. The summed E-state index contributed by atoms with van der Waals surface area (Å²) in [6.07, 6.45) is 1.04. The molecule has 1 aromatic rings. The van der Waals surface area contributed by atoms with Gasteiger partial charge in [0.1, 0.15) is 17.6 Å². The van der Waals surface area contributed by atoms with E-state index in [4.69, 9.17) is 21.4 Å². The van der Waals surface area contributed by atoms with E-state index < -0.39 is 0 Å². The van der Waals surface area contributed by atoms with E-state index in [-0.39, 0.29) is 6.61 Å². The monoisotopic (exact) mass is 314 g/mol. The molecule has 2 rings (SSSR count). The molecule has 0 atom stereocenters. The number of aliphatic hydroxyl groups excluding tert-OH is 1. The third-order valence-corrected chi connectivity index (χ3v) is 3.69. The van der Waals surface area contributed by atoms with Gasteiger partial charge in [0.2, 0.25) is 0 Å². The van der Waals surface area contributed by atoms with Crippen molar-refractivity contribution >= 4 is 17.4 Å². The Kier molecular flexibility index (Phi) is 6.63. The van der Waals surface area contributed by atoms with Gasteiger partial charge in [-0.05, 0) is 19.9 Å². The Morgan fingerprint density at radius 1 is 1.29 bits per heavy atom. The Morgan fingerprint density at radius 3 is 2.90 bits per heavy atom. The second-order valence-electron chi connectivity index (χ2n) is 5.01. The second kappa shape index (κ2) is 8.48. The highest BCUT2D eigenvalue weighted by Gasteiger charge is 2.17. The number of aliphatic hydroxyl groups is 1. The Hall–Kier alpha value is -0.950. The van der Waals surface area contributed by atoms with Crippen molar-refractivity contribution in [1.82, 2.24) is 14.9 Å². The number of ether oxygens (including phenoxy) is 1. The van der Waals surface area contributed by atoms with E-state index in [0.717, 1.165) is 45.0 Å². The zero-order valence-electron chi connectivity index (χ0n) is 12.5. The summed E-state index contributed by atoms with van der Waals surface area (Å²) in [5.41, 5.74) is 0. The molecule has 0 spiro atoms. The van der Waals surface area contributed by atoms with Crippen LogP contribution in [0.25, 0.3) is 0 Å². The first kappa shape index (κ1) is 16.4. The molecule has 0 aromatic carbocycles. The zero-order valence-corrected chi connectivity index (χ0v) is 13.2. The van der Waals surface area contributed by atoms with Gasteiger partial charge in [0.15, 0.2) is 5.82 Å². The number of β-amino-alcohol motifs (C(OH)–C–C–N with tert-alkyl or cyclic N) is 1. The molecule has 1 aromatic heterocycles. The maximum Gasteiger partial charge on any atom is 0.158 e. The van der Waals surface area contributed by atoms with Crippen LogP contribution in [0.2, 0.25) is 5.15 Å². The lowest BCUT2D eigenvalue weighted by molar-refractivity contribution is 0.128. The van der Waals surface area contributed by atoms with Crippen molar-refractivity contribution in [2.75, 3.05) is 50.8 Å². The van der Waals surface area contributed by atoms with Crippen molar-refractivity contribution < 1.29 is 9.84 Å². The largest absolute Gasteiger partial charge is 0.395 e. The van der Waals surface area contributed by atoms with Gasteiger partial charge in [-0.25, -0.2) is 9.97 Å². The van der Waals surface area contributed by atoms with Crippen LogP contribution in [-0.4, -0.2) is 65.9 Å². The fourth-order valence-electron chi connectivity index (χ4n) is 2.44. The van der Waals surface area contributed by atoms with E-state index in [2.05, 4.69) is 19.8 Å².